The lowest BCUT2D eigenvalue weighted by molar-refractivity contribution is 0.0821. The molecular weight excluding hydrogens is 232 g/mol. The van der Waals surface area contributed by atoms with Crippen molar-refractivity contribution < 1.29 is 9.90 Å². The molecule has 0 aliphatic carbocycles. The van der Waals surface area contributed by atoms with E-state index in [9.17, 15) is 9.90 Å². The fourth-order valence-electron chi connectivity index (χ4n) is 1.37. The number of hydrogen-bond donors (Lipinski definition) is 2. The fraction of sp³-hybridized carbons (Fsp3) is 0.583. The molecule has 1 amide bonds. The lowest BCUT2D eigenvalue weighted by Crippen LogP contribution is -2.30. The largest absolute Gasteiger partial charge is 0.394 e. The molecule has 0 radical (unpaired) electrons. The van der Waals surface area contributed by atoms with Crippen molar-refractivity contribution in [2.45, 2.75) is 19.9 Å². The van der Waals surface area contributed by atoms with E-state index in [0.717, 1.165) is 0 Å². The maximum atomic E-state index is 11.6. The molecule has 6 nitrogen and oxygen atoms in total. The lowest BCUT2D eigenvalue weighted by atomic mass is 10.1. The number of amides is 1. The van der Waals surface area contributed by atoms with E-state index in [2.05, 4.69) is 15.5 Å². The molecule has 1 heterocycles. The number of aliphatic hydroxyl groups excluding tert-OH is 1. The topological polar surface area (TPSA) is 78.4 Å². The van der Waals surface area contributed by atoms with E-state index in [0.29, 0.717) is 11.5 Å². The molecule has 1 aromatic rings. The van der Waals surface area contributed by atoms with E-state index in [-0.39, 0.29) is 24.5 Å². The Balaban J connectivity index is 2.74. The quantitative estimate of drug-likeness (QED) is 0.802. The van der Waals surface area contributed by atoms with Crippen LogP contribution in [0.15, 0.2) is 12.1 Å². The third-order valence-corrected chi connectivity index (χ3v) is 2.62. The van der Waals surface area contributed by atoms with Crippen LogP contribution in [0, 0.1) is 5.92 Å². The summed E-state index contributed by atoms with van der Waals surface area (Å²) in [5, 5.41) is 20.1. The van der Waals surface area contributed by atoms with Crippen LogP contribution < -0.4 is 5.32 Å². The first-order valence-electron chi connectivity index (χ1n) is 5.88. The van der Waals surface area contributed by atoms with Crippen LogP contribution in [0.25, 0.3) is 0 Å². The van der Waals surface area contributed by atoms with Gasteiger partial charge in [0.05, 0.1) is 12.6 Å². The van der Waals surface area contributed by atoms with E-state index in [1.807, 2.05) is 13.8 Å². The molecule has 1 aromatic heterocycles. The molecule has 0 aromatic carbocycles. The SMILES string of the molecule is CC(C)[C@@H](CO)Nc1ccc(C(=O)N(C)C)nn1. The van der Waals surface area contributed by atoms with Crippen molar-refractivity contribution in [1.82, 2.24) is 15.1 Å². The number of nitrogens with one attached hydrogen (secondary N) is 1. The Bertz CT molecular complexity index is 390. The highest BCUT2D eigenvalue weighted by Crippen LogP contribution is 2.10. The molecule has 0 unspecified atom stereocenters. The van der Waals surface area contributed by atoms with Crippen LogP contribution in [0.4, 0.5) is 5.82 Å². The average molecular weight is 252 g/mol. The molecule has 18 heavy (non-hydrogen) atoms. The number of aliphatic hydroxyl groups is 1. The number of rotatable bonds is 5. The minimum absolute atomic E-state index is 0.0255. The number of anilines is 1. The Kier molecular flexibility index (Phi) is 5.03. The predicted molar refractivity (Wildman–Crippen MR) is 69.4 cm³/mol. The molecule has 100 valence electrons. The van der Waals surface area contributed by atoms with Crippen molar-refractivity contribution in [2.24, 2.45) is 5.92 Å². The lowest BCUT2D eigenvalue weighted by Gasteiger charge is -2.20. The van der Waals surface area contributed by atoms with Gasteiger partial charge in [-0.25, -0.2) is 0 Å². The third-order valence-electron chi connectivity index (χ3n) is 2.62. The zero-order valence-corrected chi connectivity index (χ0v) is 11.2. The Morgan fingerprint density at radius 3 is 2.44 bits per heavy atom. The molecule has 0 saturated carbocycles. The van der Waals surface area contributed by atoms with Gasteiger partial charge >= 0.3 is 0 Å². The van der Waals surface area contributed by atoms with E-state index in [1.54, 1.807) is 26.2 Å². The van der Waals surface area contributed by atoms with E-state index >= 15 is 0 Å². The minimum Gasteiger partial charge on any atom is -0.394 e. The standard InChI is InChI=1S/C12H20N4O2/c1-8(2)10(7-17)13-11-6-5-9(14-15-11)12(18)16(3)4/h5-6,8,10,17H,7H2,1-4H3,(H,13,15)/t10-/m1/s1. The summed E-state index contributed by atoms with van der Waals surface area (Å²) in [6, 6.07) is 3.23. The monoisotopic (exact) mass is 252 g/mol. The van der Waals surface area contributed by atoms with Gasteiger partial charge in [0, 0.05) is 14.1 Å². The van der Waals surface area contributed by atoms with Crippen molar-refractivity contribution in [1.29, 1.82) is 0 Å². The first-order valence-corrected chi connectivity index (χ1v) is 5.88. The molecule has 2 N–H and O–H groups in total. The van der Waals surface area contributed by atoms with Crippen molar-refractivity contribution in [3.8, 4) is 0 Å². The number of nitrogens with zero attached hydrogens (tertiary/aromatic N) is 3. The van der Waals surface area contributed by atoms with Crippen LogP contribution in [-0.4, -0.2) is 52.9 Å². The summed E-state index contributed by atoms with van der Waals surface area (Å²) < 4.78 is 0. The van der Waals surface area contributed by atoms with Gasteiger partial charge in [0.1, 0.15) is 5.82 Å². The molecule has 0 aliphatic rings. The van der Waals surface area contributed by atoms with Gasteiger partial charge in [-0.15, -0.1) is 10.2 Å². The Morgan fingerprint density at radius 1 is 1.39 bits per heavy atom. The summed E-state index contributed by atoms with van der Waals surface area (Å²) in [6.45, 7) is 4.04. The van der Waals surface area contributed by atoms with Crippen LogP contribution in [0.2, 0.25) is 0 Å². The Morgan fingerprint density at radius 2 is 2.06 bits per heavy atom. The highest BCUT2D eigenvalue weighted by atomic mass is 16.3. The summed E-state index contributed by atoms with van der Waals surface area (Å²) in [4.78, 5) is 13.1. The van der Waals surface area contributed by atoms with Crippen LogP contribution in [0.5, 0.6) is 0 Å². The van der Waals surface area contributed by atoms with Crippen molar-refractivity contribution >= 4 is 11.7 Å². The molecule has 1 atom stereocenters. The second kappa shape index (κ2) is 6.30. The van der Waals surface area contributed by atoms with E-state index in [4.69, 9.17) is 0 Å². The molecule has 0 saturated heterocycles. The Hall–Kier alpha value is -1.69. The fourth-order valence-corrected chi connectivity index (χ4v) is 1.37. The summed E-state index contributed by atoms with van der Waals surface area (Å²) in [7, 11) is 3.33. The third kappa shape index (κ3) is 3.66. The van der Waals surface area contributed by atoms with Gasteiger partial charge in [0.15, 0.2) is 5.69 Å². The second-order valence-electron chi connectivity index (χ2n) is 4.68. The summed E-state index contributed by atoms with van der Waals surface area (Å²) in [5.41, 5.74) is 0.302. The molecule has 6 heteroatoms. The second-order valence-corrected chi connectivity index (χ2v) is 4.68. The zero-order chi connectivity index (χ0) is 13.7. The van der Waals surface area contributed by atoms with Crippen molar-refractivity contribution in [3.63, 3.8) is 0 Å². The van der Waals surface area contributed by atoms with Crippen molar-refractivity contribution in [2.75, 3.05) is 26.0 Å². The highest BCUT2D eigenvalue weighted by Gasteiger charge is 2.14. The van der Waals surface area contributed by atoms with Crippen LogP contribution in [0.3, 0.4) is 0 Å². The first-order chi connectivity index (χ1) is 8.45. The maximum Gasteiger partial charge on any atom is 0.273 e. The van der Waals surface area contributed by atoms with Crippen LogP contribution in [0.1, 0.15) is 24.3 Å². The Labute approximate surface area is 107 Å². The zero-order valence-electron chi connectivity index (χ0n) is 11.2. The molecule has 0 fully saturated rings. The highest BCUT2D eigenvalue weighted by molar-refractivity contribution is 5.91. The van der Waals surface area contributed by atoms with Gasteiger partial charge in [-0.3, -0.25) is 4.79 Å². The molecular formula is C12H20N4O2. The van der Waals surface area contributed by atoms with Gasteiger partial charge < -0.3 is 15.3 Å². The van der Waals surface area contributed by atoms with Gasteiger partial charge in [0.25, 0.3) is 5.91 Å². The smallest absolute Gasteiger partial charge is 0.273 e. The van der Waals surface area contributed by atoms with E-state index < -0.39 is 0 Å². The van der Waals surface area contributed by atoms with Crippen LogP contribution in [-0.2, 0) is 0 Å². The summed E-state index contributed by atoms with van der Waals surface area (Å²) >= 11 is 0. The van der Waals surface area contributed by atoms with Gasteiger partial charge in [0.2, 0.25) is 0 Å². The maximum absolute atomic E-state index is 11.6. The number of hydrogen-bond acceptors (Lipinski definition) is 5. The van der Waals surface area contributed by atoms with Crippen molar-refractivity contribution in [3.05, 3.63) is 17.8 Å². The molecule has 0 bridgehead atoms. The molecule has 0 spiro atoms. The number of carbonyl (C=O) groups is 1. The number of aromatic nitrogens is 2. The van der Waals surface area contributed by atoms with E-state index in [1.165, 1.54) is 4.90 Å². The summed E-state index contributed by atoms with van der Waals surface area (Å²) in [6.07, 6.45) is 0. The minimum atomic E-state index is -0.184. The summed E-state index contributed by atoms with van der Waals surface area (Å²) in [5.74, 6) is 0.648. The molecule has 0 aliphatic heterocycles. The number of carbonyl (C=O) groups excluding carboxylic acids is 1. The normalized spacial score (nSPS) is 12.3. The predicted octanol–water partition coefficient (Wildman–Crippen LogP) is 0.607. The van der Waals surface area contributed by atoms with Crippen LogP contribution >= 0.6 is 0 Å². The van der Waals surface area contributed by atoms with Gasteiger partial charge in [-0.05, 0) is 18.1 Å². The van der Waals surface area contributed by atoms with Gasteiger partial charge in [-0.1, -0.05) is 13.8 Å². The average Bonchev–Trinajstić information content (AvgIpc) is 2.35. The first kappa shape index (κ1) is 14.4. The van der Waals surface area contributed by atoms with Gasteiger partial charge in [-0.2, -0.15) is 0 Å². The molecule has 1 rings (SSSR count).